The number of aryl methyl sites for hydroxylation is 1. The highest BCUT2D eigenvalue weighted by atomic mass is 32.2. The third-order valence-corrected chi connectivity index (χ3v) is 3.48. The van der Waals surface area contributed by atoms with Crippen molar-refractivity contribution in [3.63, 3.8) is 0 Å². The zero-order valence-corrected chi connectivity index (χ0v) is 12.3. The molecule has 1 N–H and O–H groups in total. The van der Waals surface area contributed by atoms with Crippen LogP contribution >= 0.6 is 11.8 Å². The predicted molar refractivity (Wildman–Crippen MR) is 76.8 cm³/mol. The number of ether oxygens (including phenoxy) is 1. The fourth-order valence-corrected chi connectivity index (χ4v) is 2.30. The van der Waals surface area contributed by atoms with Crippen molar-refractivity contribution >= 4 is 11.8 Å². The largest absolute Gasteiger partial charge is 0.383 e. The summed E-state index contributed by atoms with van der Waals surface area (Å²) >= 11 is 1.89. The van der Waals surface area contributed by atoms with Crippen molar-refractivity contribution in [3.8, 4) is 0 Å². The summed E-state index contributed by atoms with van der Waals surface area (Å²) in [5.74, 6) is 3.01. The highest BCUT2D eigenvalue weighted by Gasteiger charge is 2.02. The number of nitrogens with one attached hydrogen (secondary N) is 1. The zero-order valence-electron chi connectivity index (χ0n) is 11.5. The summed E-state index contributed by atoms with van der Waals surface area (Å²) < 4.78 is 4.99. The first-order chi connectivity index (χ1) is 8.76. The van der Waals surface area contributed by atoms with Crippen molar-refractivity contribution in [2.24, 2.45) is 0 Å². The van der Waals surface area contributed by atoms with Crippen LogP contribution < -0.4 is 5.32 Å². The first-order valence-electron chi connectivity index (χ1n) is 6.37. The van der Waals surface area contributed by atoms with Crippen molar-refractivity contribution in [1.29, 1.82) is 0 Å². The second-order valence-corrected chi connectivity index (χ2v) is 5.24. The van der Waals surface area contributed by atoms with Gasteiger partial charge in [-0.3, -0.25) is 0 Å². The van der Waals surface area contributed by atoms with Crippen LogP contribution in [0, 0.1) is 6.92 Å². The SMILES string of the molecule is CCCSCc1nc(C)cc(CNCCOC)n1. The second kappa shape index (κ2) is 9.30. The van der Waals surface area contributed by atoms with Gasteiger partial charge in [-0.2, -0.15) is 11.8 Å². The monoisotopic (exact) mass is 269 g/mol. The quantitative estimate of drug-likeness (QED) is 0.696. The van der Waals surface area contributed by atoms with Crippen LogP contribution in [0.4, 0.5) is 0 Å². The van der Waals surface area contributed by atoms with Gasteiger partial charge in [-0.15, -0.1) is 0 Å². The number of thioether (sulfide) groups is 1. The third kappa shape index (κ3) is 6.33. The van der Waals surface area contributed by atoms with Crippen LogP contribution in [-0.2, 0) is 17.0 Å². The Morgan fingerprint density at radius 1 is 1.39 bits per heavy atom. The highest BCUT2D eigenvalue weighted by Crippen LogP contribution is 2.10. The lowest BCUT2D eigenvalue weighted by molar-refractivity contribution is 0.199. The summed E-state index contributed by atoms with van der Waals surface area (Å²) in [4.78, 5) is 9.03. The van der Waals surface area contributed by atoms with Crippen molar-refractivity contribution in [2.45, 2.75) is 32.6 Å². The van der Waals surface area contributed by atoms with E-state index in [9.17, 15) is 0 Å². The van der Waals surface area contributed by atoms with E-state index < -0.39 is 0 Å². The maximum absolute atomic E-state index is 4.99. The summed E-state index contributed by atoms with van der Waals surface area (Å²) in [5, 5.41) is 3.30. The summed E-state index contributed by atoms with van der Waals surface area (Å²) in [6.45, 7) is 6.56. The van der Waals surface area contributed by atoms with E-state index in [1.165, 1.54) is 12.2 Å². The molecule has 0 aromatic carbocycles. The lowest BCUT2D eigenvalue weighted by Crippen LogP contribution is -2.19. The Balaban J connectivity index is 2.46. The zero-order chi connectivity index (χ0) is 13.2. The van der Waals surface area contributed by atoms with Gasteiger partial charge in [-0.05, 0) is 25.2 Å². The van der Waals surface area contributed by atoms with E-state index in [0.29, 0.717) is 0 Å². The van der Waals surface area contributed by atoms with Gasteiger partial charge in [0.25, 0.3) is 0 Å². The van der Waals surface area contributed by atoms with Crippen molar-refractivity contribution in [1.82, 2.24) is 15.3 Å². The smallest absolute Gasteiger partial charge is 0.138 e. The molecule has 0 fully saturated rings. The standard InChI is InChI=1S/C13H23N3OS/c1-4-7-18-10-13-15-11(2)8-12(16-13)9-14-5-6-17-3/h8,14H,4-7,9-10H2,1-3H3. The Bertz CT molecular complexity index is 347. The van der Waals surface area contributed by atoms with Crippen LogP contribution in [0.15, 0.2) is 6.07 Å². The van der Waals surface area contributed by atoms with Gasteiger partial charge >= 0.3 is 0 Å². The molecular weight excluding hydrogens is 246 g/mol. The molecule has 0 atom stereocenters. The van der Waals surface area contributed by atoms with E-state index in [1.807, 2.05) is 24.8 Å². The molecule has 1 rings (SSSR count). The van der Waals surface area contributed by atoms with Crippen molar-refractivity contribution in [3.05, 3.63) is 23.3 Å². The Morgan fingerprint density at radius 3 is 2.94 bits per heavy atom. The van der Waals surface area contributed by atoms with Gasteiger partial charge in [0.15, 0.2) is 0 Å². The molecule has 1 heterocycles. The lowest BCUT2D eigenvalue weighted by Gasteiger charge is -2.07. The van der Waals surface area contributed by atoms with Crippen molar-refractivity contribution in [2.75, 3.05) is 26.0 Å². The maximum Gasteiger partial charge on any atom is 0.138 e. The number of hydrogen-bond acceptors (Lipinski definition) is 5. The topological polar surface area (TPSA) is 47.0 Å². The minimum absolute atomic E-state index is 0.725. The Hall–Kier alpha value is -0.650. The predicted octanol–water partition coefficient (Wildman–Crippen LogP) is 2.16. The van der Waals surface area contributed by atoms with Gasteiger partial charge < -0.3 is 10.1 Å². The molecule has 0 saturated carbocycles. The summed E-state index contributed by atoms with van der Waals surface area (Å²) in [6, 6.07) is 2.04. The second-order valence-electron chi connectivity index (χ2n) is 4.14. The van der Waals surface area contributed by atoms with Crippen LogP contribution in [0.5, 0.6) is 0 Å². The van der Waals surface area contributed by atoms with Gasteiger partial charge in [0.2, 0.25) is 0 Å². The average molecular weight is 269 g/mol. The molecule has 0 radical (unpaired) electrons. The van der Waals surface area contributed by atoms with Crippen LogP contribution in [0.2, 0.25) is 0 Å². The molecule has 1 aromatic rings. The molecular formula is C13H23N3OS. The molecule has 18 heavy (non-hydrogen) atoms. The number of nitrogens with zero attached hydrogens (tertiary/aromatic N) is 2. The van der Waals surface area contributed by atoms with Gasteiger partial charge in [0.05, 0.1) is 18.1 Å². The number of methoxy groups -OCH3 is 1. The Morgan fingerprint density at radius 2 is 2.22 bits per heavy atom. The van der Waals surface area contributed by atoms with E-state index in [4.69, 9.17) is 4.74 Å². The Labute approximate surface area is 114 Å². The summed E-state index contributed by atoms with van der Waals surface area (Å²) in [5.41, 5.74) is 2.10. The highest BCUT2D eigenvalue weighted by molar-refractivity contribution is 7.98. The molecule has 0 bridgehead atoms. The van der Waals surface area contributed by atoms with E-state index in [1.54, 1.807) is 7.11 Å². The summed E-state index contributed by atoms with van der Waals surface area (Å²) in [7, 11) is 1.71. The molecule has 0 aliphatic rings. The Kier molecular flexibility index (Phi) is 7.96. The average Bonchev–Trinajstić information content (AvgIpc) is 2.34. The van der Waals surface area contributed by atoms with E-state index >= 15 is 0 Å². The summed E-state index contributed by atoms with van der Waals surface area (Å²) in [6.07, 6.45) is 1.20. The molecule has 1 aromatic heterocycles. The molecule has 0 unspecified atom stereocenters. The van der Waals surface area contributed by atoms with Gasteiger partial charge in [0, 0.05) is 25.9 Å². The fourth-order valence-electron chi connectivity index (χ4n) is 1.55. The molecule has 0 aliphatic carbocycles. The number of hydrogen-bond donors (Lipinski definition) is 1. The van der Waals surface area contributed by atoms with Crippen LogP contribution in [0.3, 0.4) is 0 Å². The van der Waals surface area contributed by atoms with E-state index in [-0.39, 0.29) is 0 Å². The first kappa shape index (κ1) is 15.4. The molecule has 5 heteroatoms. The van der Waals surface area contributed by atoms with E-state index in [2.05, 4.69) is 22.2 Å². The molecule has 4 nitrogen and oxygen atoms in total. The molecule has 0 saturated heterocycles. The lowest BCUT2D eigenvalue weighted by atomic mass is 10.3. The minimum atomic E-state index is 0.725. The number of rotatable bonds is 9. The molecule has 0 aliphatic heterocycles. The van der Waals surface area contributed by atoms with Gasteiger partial charge in [-0.1, -0.05) is 6.92 Å². The first-order valence-corrected chi connectivity index (χ1v) is 7.52. The van der Waals surface area contributed by atoms with Gasteiger partial charge in [0.1, 0.15) is 5.82 Å². The van der Waals surface area contributed by atoms with Crippen molar-refractivity contribution < 1.29 is 4.74 Å². The van der Waals surface area contributed by atoms with Gasteiger partial charge in [-0.25, -0.2) is 9.97 Å². The van der Waals surface area contributed by atoms with Crippen LogP contribution in [-0.4, -0.2) is 36.0 Å². The molecule has 102 valence electrons. The normalized spacial score (nSPS) is 10.8. The maximum atomic E-state index is 4.99. The minimum Gasteiger partial charge on any atom is -0.383 e. The van der Waals surface area contributed by atoms with Crippen LogP contribution in [0.1, 0.15) is 30.6 Å². The molecule has 0 spiro atoms. The third-order valence-electron chi connectivity index (χ3n) is 2.32. The molecule has 0 amide bonds. The van der Waals surface area contributed by atoms with E-state index in [0.717, 1.165) is 42.7 Å². The van der Waals surface area contributed by atoms with Crippen LogP contribution in [0.25, 0.3) is 0 Å². The fraction of sp³-hybridized carbons (Fsp3) is 0.692. The number of aromatic nitrogens is 2.